The predicted octanol–water partition coefficient (Wildman–Crippen LogP) is 9.65. The Morgan fingerprint density at radius 1 is 0.731 bits per heavy atom. The van der Waals surface area contributed by atoms with Gasteiger partial charge < -0.3 is 4.57 Å². The van der Waals surface area contributed by atoms with Crippen molar-refractivity contribution < 1.29 is 0 Å². The highest BCUT2D eigenvalue weighted by Crippen LogP contribution is 2.45. The fourth-order valence-electron chi connectivity index (χ4n) is 8.24. The topological polar surface area (TPSA) is 74.3 Å². The normalized spacial score (nSPS) is 14.2. The number of rotatable bonds is 8. The smallest absolute Gasteiger partial charge is 0.184 e. The first-order chi connectivity index (χ1) is 25.6. The molecule has 0 saturated carbocycles. The lowest BCUT2D eigenvalue weighted by atomic mass is 9.77. The summed E-state index contributed by atoms with van der Waals surface area (Å²) in [5.74, 6) is 1.71. The number of tetrazole rings is 1. The van der Waals surface area contributed by atoms with Crippen molar-refractivity contribution >= 4 is 22.8 Å². The largest absolute Gasteiger partial charge is 0.305 e. The van der Waals surface area contributed by atoms with Crippen LogP contribution in [0.25, 0.3) is 33.7 Å². The highest BCUT2D eigenvalue weighted by atomic mass is 35.5. The average Bonchev–Trinajstić information content (AvgIpc) is 3.94. The van der Waals surface area contributed by atoms with Crippen LogP contribution in [-0.2, 0) is 18.4 Å². The van der Waals surface area contributed by atoms with Gasteiger partial charge in [-0.3, -0.25) is 0 Å². The number of nitrogens with zero attached hydrogens (tertiary/aromatic N) is 7. The summed E-state index contributed by atoms with van der Waals surface area (Å²) >= 11 is 6.48. The number of hydrogen-bond acceptors (Lipinski definition) is 5. The molecule has 0 fully saturated rings. The first-order valence-electron chi connectivity index (χ1n) is 17.8. The van der Waals surface area contributed by atoms with Gasteiger partial charge in [0.2, 0.25) is 0 Å². The van der Waals surface area contributed by atoms with Crippen LogP contribution in [0, 0.1) is 6.92 Å². The molecule has 1 atom stereocenters. The fraction of sp³-hybridized carbons (Fsp3) is 0.159. The van der Waals surface area contributed by atoms with E-state index in [2.05, 4.69) is 139 Å². The first kappa shape index (κ1) is 32.0. The zero-order valence-corrected chi connectivity index (χ0v) is 29.7. The zero-order valence-electron chi connectivity index (χ0n) is 29.0. The van der Waals surface area contributed by atoms with Crippen molar-refractivity contribution in [2.24, 2.45) is 0 Å². The molecule has 0 saturated heterocycles. The fourth-order valence-corrected chi connectivity index (χ4v) is 8.49. The molecule has 8 heteroatoms. The summed E-state index contributed by atoms with van der Waals surface area (Å²) in [6, 6.07) is 48.9. The SMILES string of the molecule is CCc1nc2c(C)cc(Cl)nc2n1[C@H]1CCc2cc(-c3ccccc3-c3nnnn3C(c3ccccc3)(c3ccccc3)c3ccccc3)ccc21. The van der Waals surface area contributed by atoms with E-state index in [0.717, 1.165) is 75.2 Å². The minimum Gasteiger partial charge on any atom is -0.305 e. The van der Waals surface area contributed by atoms with Gasteiger partial charge in [0.25, 0.3) is 0 Å². The van der Waals surface area contributed by atoms with Crippen molar-refractivity contribution in [3.63, 3.8) is 0 Å². The number of benzene rings is 5. The van der Waals surface area contributed by atoms with Gasteiger partial charge in [0.15, 0.2) is 11.5 Å². The summed E-state index contributed by atoms with van der Waals surface area (Å²) in [5.41, 5.74) is 10.9. The highest BCUT2D eigenvalue weighted by Gasteiger charge is 2.42. The molecule has 0 radical (unpaired) electrons. The second kappa shape index (κ2) is 13.0. The molecule has 0 bridgehead atoms. The molecule has 0 N–H and O–H groups in total. The molecular formula is C44H36ClN7. The third-order valence-corrected chi connectivity index (χ3v) is 10.7. The van der Waals surface area contributed by atoms with Crippen molar-refractivity contribution in [3.8, 4) is 22.5 Å². The van der Waals surface area contributed by atoms with Gasteiger partial charge >= 0.3 is 0 Å². The maximum Gasteiger partial charge on any atom is 0.184 e. The van der Waals surface area contributed by atoms with Crippen LogP contribution in [0.4, 0.5) is 0 Å². The maximum atomic E-state index is 6.48. The number of hydrogen-bond donors (Lipinski definition) is 0. The van der Waals surface area contributed by atoms with Crippen LogP contribution in [0.3, 0.4) is 0 Å². The lowest BCUT2D eigenvalue weighted by Gasteiger charge is -2.36. The number of pyridine rings is 1. The number of imidazole rings is 1. The molecule has 5 aromatic carbocycles. The molecule has 254 valence electrons. The maximum absolute atomic E-state index is 6.48. The van der Waals surface area contributed by atoms with Crippen LogP contribution in [-0.4, -0.2) is 34.7 Å². The monoisotopic (exact) mass is 697 g/mol. The molecule has 0 spiro atoms. The predicted molar refractivity (Wildman–Crippen MR) is 206 cm³/mol. The zero-order chi connectivity index (χ0) is 35.2. The van der Waals surface area contributed by atoms with E-state index in [4.69, 9.17) is 31.9 Å². The molecule has 0 amide bonds. The van der Waals surface area contributed by atoms with Crippen LogP contribution < -0.4 is 0 Å². The van der Waals surface area contributed by atoms with E-state index in [1.807, 2.05) is 28.9 Å². The van der Waals surface area contributed by atoms with Crippen LogP contribution >= 0.6 is 11.6 Å². The minimum absolute atomic E-state index is 0.139. The van der Waals surface area contributed by atoms with Gasteiger partial charge in [-0.05, 0) is 80.8 Å². The summed E-state index contributed by atoms with van der Waals surface area (Å²) in [4.78, 5) is 9.77. The lowest BCUT2D eigenvalue weighted by molar-refractivity contribution is 0.451. The van der Waals surface area contributed by atoms with E-state index in [9.17, 15) is 0 Å². The Kier molecular flexibility index (Phi) is 8.01. The third-order valence-electron chi connectivity index (χ3n) is 10.5. The van der Waals surface area contributed by atoms with E-state index in [1.165, 1.54) is 11.1 Å². The Morgan fingerprint density at radius 2 is 1.35 bits per heavy atom. The van der Waals surface area contributed by atoms with Gasteiger partial charge in [-0.25, -0.2) is 14.6 Å². The van der Waals surface area contributed by atoms with Crippen molar-refractivity contribution in [2.45, 2.75) is 44.7 Å². The molecule has 1 aliphatic carbocycles. The quantitative estimate of drug-likeness (QED) is 0.117. The Bertz CT molecular complexity index is 2450. The number of halogens is 1. The summed E-state index contributed by atoms with van der Waals surface area (Å²) in [5, 5.41) is 14.4. The Balaban J connectivity index is 1.20. The Hall–Kier alpha value is -5.92. The average molecular weight is 698 g/mol. The molecule has 3 heterocycles. The standard InChI is InChI=1S/C44H36ClN7/c1-3-40-47-41-29(2)27-39(45)46-43(41)51(40)38-26-24-31-28-30(23-25-36(31)38)35-21-13-14-22-37(35)42-48-49-50-52(42)44(32-15-7-4-8-16-32,33-17-9-5-10-18-33)34-19-11-6-12-20-34/h4-23,25,27-28,38H,3,24,26H2,1-2H3/t38-/m0/s1. The Morgan fingerprint density at radius 3 is 1.98 bits per heavy atom. The molecule has 7 nitrogen and oxygen atoms in total. The van der Waals surface area contributed by atoms with Crippen LogP contribution in [0.1, 0.15) is 58.6 Å². The van der Waals surface area contributed by atoms with Crippen LogP contribution in [0.5, 0.6) is 0 Å². The van der Waals surface area contributed by atoms with Crippen molar-refractivity contribution in [1.29, 1.82) is 0 Å². The molecule has 0 aliphatic heterocycles. The Labute approximate surface area is 307 Å². The highest BCUT2D eigenvalue weighted by molar-refractivity contribution is 6.29. The second-order valence-electron chi connectivity index (χ2n) is 13.4. The van der Waals surface area contributed by atoms with Crippen molar-refractivity contribution in [2.75, 3.05) is 0 Å². The molecule has 8 aromatic rings. The molecular weight excluding hydrogens is 662 g/mol. The molecule has 9 rings (SSSR count). The van der Waals surface area contributed by atoms with E-state index < -0.39 is 5.54 Å². The summed E-state index contributed by atoms with van der Waals surface area (Å²) in [6.45, 7) is 4.21. The van der Waals surface area contributed by atoms with Gasteiger partial charge in [0.05, 0.1) is 6.04 Å². The summed E-state index contributed by atoms with van der Waals surface area (Å²) in [7, 11) is 0. The second-order valence-corrected chi connectivity index (χ2v) is 13.8. The van der Waals surface area contributed by atoms with Gasteiger partial charge in [0.1, 0.15) is 22.0 Å². The van der Waals surface area contributed by atoms with Crippen LogP contribution in [0.15, 0.2) is 140 Å². The van der Waals surface area contributed by atoms with Gasteiger partial charge in [-0.2, -0.15) is 0 Å². The number of fused-ring (bicyclic) bond motifs is 2. The van der Waals surface area contributed by atoms with Crippen molar-refractivity contribution in [1.82, 2.24) is 34.7 Å². The first-order valence-corrected chi connectivity index (χ1v) is 18.2. The number of aromatic nitrogens is 7. The molecule has 1 aliphatic rings. The van der Waals surface area contributed by atoms with E-state index in [1.54, 1.807) is 0 Å². The van der Waals surface area contributed by atoms with E-state index in [-0.39, 0.29) is 6.04 Å². The summed E-state index contributed by atoms with van der Waals surface area (Å²) < 4.78 is 4.32. The van der Waals surface area contributed by atoms with Crippen molar-refractivity contribution in [3.05, 3.63) is 184 Å². The summed E-state index contributed by atoms with van der Waals surface area (Å²) in [6.07, 6.45) is 2.74. The minimum atomic E-state index is -0.847. The van der Waals surface area contributed by atoms with E-state index in [0.29, 0.717) is 11.0 Å². The van der Waals surface area contributed by atoms with Gasteiger partial charge in [0, 0.05) is 12.0 Å². The van der Waals surface area contributed by atoms with Crippen LogP contribution in [0.2, 0.25) is 5.15 Å². The van der Waals surface area contributed by atoms with Gasteiger partial charge in [-0.15, -0.1) is 5.10 Å². The van der Waals surface area contributed by atoms with E-state index >= 15 is 0 Å². The molecule has 52 heavy (non-hydrogen) atoms. The third kappa shape index (κ3) is 5.07. The number of aryl methyl sites for hydroxylation is 3. The molecule has 0 unspecified atom stereocenters. The molecule has 3 aromatic heterocycles. The lowest BCUT2D eigenvalue weighted by Crippen LogP contribution is -2.39. The van der Waals surface area contributed by atoms with Gasteiger partial charge in [-0.1, -0.05) is 152 Å².